The fraction of sp³-hybridized carbons (Fsp3) is 0.360. The van der Waals surface area contributed by atoms with Gasteiger partial charge in [-0.05, 0) is 62.3 Å². The van der Waals surface area contributed by atoms with Crippen molar-refractivity contribution in [2.75, 3.05) is 5.75 Å². The predicted molar refractivity (Wildman–Crippen MR) is 131 cm³/mol. The van der Waals surface area contributed by atoms with Crippen molar-refractivity contribution in [2.24, 2.45) is 5.92 Å². The number of aromatic nitrogens is 4. The molecule has 33 heavy (non-hydrogen) atoms. The standard InChI is InChI=1S/C25H27N5O2S/c1-16-11-13-18(14-12-16)26-22(31)15-33-25-28-27-24-29(20-9-5-3-7-17(20)2)23(32)19-8-4-6-10-21(19)30(24)25/h3-10,16,18H,11-15H2,1-2H3,(H,26,31). The molecule has 2 aromatic heterocycles. The zero-order valence-corrected chi connectivity index (χ0v) is 19.6. The summed E-state index contributed by atoms with van der Waals surface area (Å²) in [6, 6.07) is 15.4. The first-order valence-corrected chi connectivity index (χ1v) is 12.4. The van der Waals surface area contributed by atoms with Crippen LogP contribution < -0.4 is 10.9 Å². The van der Waals surface area contributed by atoms with Gasteiger partial charge in [0.25, 0.3) is 5.56 Å². The maximum Gasteiger partial charge on any atom is 0.267 e. The SMILES string of the molecule is Cc1ccccc1-n1c(=O)c2ccccc2n2c(SCC(=O)NC3CCC(C)CC3)nnc12. The van der Waals surface area contributed by atoms with E-state index in [4.69, 9.17) is 0 Å². The van der Waals surface area contributed by atoms with E-state index in [0.29, 0.717) is 16.3 Å². The summed E-state index contributed by atoms with van der Waals surface area (Å²) in [5.74, 6) is 1.45. The Hall–Kier alpha value is -3.13. The number of carbonyl (C=O) groups excluding carboxylic acids is 1. The lowest BCUT2D eigenvalue weighted by molar-refractivity contribution is -0.119. The molecule has 1 saturated carbocycles. The van der Waals surface area contributed by atoms with Crippen LogP contribution >= 0.6 is 11.8 Å². The summed E-state index contributed by atoms with van der Waals surface area (Å²) in [5.41, 5.74) is 2.33. The van der Waals surface area contributed by atoms with E-state index in [9.17, 15) is 9.59 Å². The van der Waals surface area contributed by atoms with Gasteiger partial charge in [-0.2, -0.15) is 0 Å². The molecule has 1 amide bonds. The molecule has 0 bridgehead atoms. The van der Waals surface area contributed by atoms with Crippen LogP contribution in [0.15, 0.2) is 58.5 Å². The summed E-state index contributed by atoms with van der Waals surface area (Å²) in [5, 5.41) is 13.1. The Labute approximate surface area is 196 Å². The Bertz CT molecular complexity index is 1380. The van der Waals surface area contributed by atoms with Crippen molar-refractivity contribution < 1.29 is 4.79 Å². The van der Waals surface area contributed by atoms with E-state index in [0.717, 1.165) is 48.4 Å². The molecule has 1 fully saturated rings. The summed E-state index contributed by atoms with van der Waals surface area (Å²) < 4.78 is 3.49. The Morgan fingerprint density at radius 3 is 2.58 bits per heavy atom. The first-order chi connectivity index (χ1) is 16.0. The molecular formula is C25H27N5O2S. The van der Waals surface area contributed by atoms with Gasteiger partial charge < -0.3 is 5.32 Å². The van der Waals surface area contributed by atoms with Gasteiger partial charge in [-0.3, -0.25) is 14.0 Å². The minimum Gasteiger partial charge on any atom is -0.353 e. The largest absolute Gasteiger partial charge is 0.353 e. The van der Waals surface area contributed by atoms with Gasteiger partial charge in [-0.1, -0.05) is 49.0 Å². The molecule has 1 N–H and O–H groups in total. The lowest BCUT2D eigenvalue weighted by atomic mass is 9.87. The predicted octanol–water partition coefficient (Wildman–Crippen LogP) is 4.13. The highest BCUT2D eigenvalue weighted by molar-refractivity contribution is 7.99. The summed E-state index contributed by atoms with van der Waals surface area (Å²) in [6.45, 7) is 4.24. The van der Waals surface area contributed by atoms with Gasteiger partial charge in [0.15, 0.2) is 5.16 Å². The molecule has 2 heterocycles. The van der Waals surface area contributed by atoms with Gasteiger partial charge >= 0.3 is 0 Å². The number of para-hydroxylation sites is 2. The van der Waals surface area contributed by atoms with Gasteiger partial charge in [-0.25, -0.2) is 4.57 Å². The number of fused-ring (bicyclic) bond motifs is 3. The molecule has 1 aliphatic rings. The molecule has 0 atom stereocenters. The molecule has 2 aromatic carbocycles. The quantitative estimate of drug-likeness (QED) is 0.452. The van der Waals surface area contributed by atoms with E-state index in [2.05, 4.69) is 22.4 Å². The molecule has 0 unspecified atom stereocenters. The van der Waals surface area contributed by atoms with Gasteiger partial charge in [0, 0.05) is 6.04 Å². The summed E-state index contributed by atoms with van der Waals surface area (Å²) in [6.07, 6.45) is 4.40. The van der Waals surface area contributed by atoms with Crippen LogP contribution in [0.25, 0.3) is 22.4 Å². The van der Waals surface area contributed by atoms with Crippen molar-refractivity contribution in [3.63, 3.8) is 0 Å². The zero-order valence-electron chi connectivity index (χ0n) is 18.8. The number of rotatable bonds is 5. The van der Waals surface area contributed by atoms with Gasteiger partial charge in [-0.15, -0.1) is 10.2 Å². The molecule has 5 rings (SSSR count). The maximum absolute atomic E-state index is 13.4. The fourth-order valence-corrected chi connectivity index (χ4v) is 5.36. The summed E-state index contributed by atoms with van der Waals surface area (Å²) in [7, 11) is 0. The molecule has 170 valence electrons. The molecule has 0 saturated heterocycles. The minimum absolute atomic E-state index is 0.00725. The Morgan fingerprint density at radius 1 is 1.06 bits per heavy atom. The molecule has 4 aromatic rings. The molecule has 0 radical (unpaired) electrons. The number of nitrogens with one attached hydrogen (secondary N) is 1. The van der Waals surface area contributed by atoms with Crippen LogP contribution in [0, 0.1) is 12.8 Å². The van der Waals surface area contributed by atoms with E-state index < -0.39 is 0 Å². The third-order valence-corrected chi connectivity index (χ3v) is 7.39. The molecule has 0 spiro atoms. The topological polar surface area (TPSA) is 81.3 Å². The molecule has 8 heteroatoms. The smallest absolute Gasteiger partial charge is 0.267 e. The first kappa shape index (κ1) is 21.7. The van der Waals surface area contributed by atoms with Crippen LogP contribution in [0.3, 0.4) is 0 Å². The highest BCUT2D eigenvalue weighted by Gasteiger charge is 2.22. The average molecular weight is 462 g/mol. The molecule has 7 nitrogen and oxygen atoms in total. The Morgan fingerprint density at radius 2 is 1.79 bits per heavy atom. The van der Waals surface area contributed by atoms with Crippen LogP contribution in [-0.2, 0) is 4.79 Å². The number of thioether (sulfide) groups is 1. The van der Waals surface area contributed by atoms with Gasteiger partial charge in [0.2, 0.25) is 11.7 Å². The van der Waals surface area contributed by atoms with Crippen LogP contribution in [0.2, 0.25) is 0 Å². The monoisotopic (exact) mass is 461 g/mol. The summed E-state index contributed by atoms with van der Waals surface area (Å²) >= 11 is 1.34. The number of carbonyl (C=O) groups is 1. The van der Waals surface area contributed by atoms with Crippen molar-refractivity contribution in [1.29, 1.82) is 0 Å². The van der Waals surface area contributed by atoms with Crippen LogP contribution in [0.5, 0.6) is 0 Å². The van der Waals surface area contributed by atoms with Gasteiger partial charge in [0.05, 0.1) is 22.3 Å². The van der Waals surface area contributed by atoms with Crippen molar-refractivity contribution in [2.45, 2.75) is 50.7 Å². The number of hydrogen-bond donors (Lipinski definition) is 1. The molecular weight excluding hydrogens is 434 g/mol. The highest BCUT2D eigenvalue weighted by atomic mass is 32.2. The van der Waals surface area contributed by atoms with Crippen LogP contribution in [-0.4, -0.2) is 36.9 Å². The zero-order chi connectivity index (χ0) is 22.9. The second-order valence-electron chi connectivity index (χ2n) is 8.88. The lowest BCUT2D eigenvalue weighted by Gasteiger charge is -2.26. The van der Waals surface area contributed by atoms with E-state index in [1.165, 1.54) is 11.8 Å². The molecule has 0 aliphatic heterocycles. The van der Waals surface area contributed by atoms with Crippen molar-refractivity contribution in [3.8, 4) is 5.69 Å². The lowest BCUT2D eigenvalue weighted by Crippen LogP contribution is -2.38. The van der Waals surface area contributed by atoms with E-state index in [-0.39, 0.29) is 23.3 Å². The second-order valence-corrected chi connectivity index (χ2v) is 9.82. The molecule has 1 aliphatic carbocycles. The normalized spacial score (nSPS) is 18.6. The number of amides is 1. The number of hydrogen-bond acceptors (Lipinski definition) is 5. The summed E-state index contributed by atoms with van der Waals surface area (Å²) in [4.78, 5) is 26.1. The van der Waals surface area contributed by atoms with E-state index >= 15 is 0 Å². The fourth-order valence-electron chi connectivity index (χ4n) is 4.61. The van der Waals surface area contributed by atoms with Crippen molar-refractivity contribution >= 4 is 34.3 Å². The van der Waals surface area contributed by atoms with Crippen LogP contribution in [0.4, 0.5) is 0 Å². The Balaban J connectivity index is 1.50. The van der Waals surface area contributed by atoms with Crippen molar-refractivity contribution in [1.82, 2.24) is 24.5 Å². The number of nitrogens with zero attached hydrogens (tertiary/aromatic N) is 4. The van der Waals surface area contributed by atoms with E-state index in [1.807, 2.05) is 59.9 Å². The first-order valence-electron chi connectivity index (χ1n) is 11.4. The van der Waals surface area contributed by atoms with E-state index in [1.54, 1.807) is 4.57 Å². The van der Waals surface area contributed by atoms with Crippen molar-refractivity contribution in [3.05, 3.63) is 64.4 Å². The van der Waals surface area contributed by atoms with Crippen LogP contribution in [0.1, 0.15) is 38.2 Å². The highest BCUT2D eigenvalue weighted by Crippen LogP contribution is 2.25. The number of benzene rings is 2. The Kier molecular flexibility index (Phi) is 5.93. The third-order valence-electron chi connectivity index (χ3n) is 6.46. The van der Waals surface area contributed by atoms with Gasteiger partial charge in [0.1, 0.15) is 0 Å². The number of aryl methyl sites for hydroxylation is 1. The second kappa shape index (κ2) is 9.02. The third kappa shape index (κ3) is 4.15. The minimum atomic E-state index is -0.138. The average Bonchev–Trinajstić information content (AvgIpc) is 3.24. The maximum atomic E-state index is 13.4.